The van der Waals surface area contributed by atoms with Crippen molar-refractivity contribution in [3.05, 3.63) is 46.7 Å². The standard InChI is InChI=1S/C15H15N5S/c1-2-11(15-18-14(19-20-15)10-4-5-10)6-12(3-1)16-7-13-8-21-9-17-13/h1-3,6,8-10,16H,4-5,7H2,(H,18,19,20). The number of anilines is 1. The van der Waals surface area contributed by atoms with Crippen molar-refractivity contribution in [1.29, 1.82) is 0 Å². The fourth-order valence-electron chi connectivity index (χ4n) is 2.23. The van der Waals surface area contributed by atoms with Crippen molar-refractivity contribution in [1.82, 2.24) is 20.2 Å². The van der Waals surface area contributed by atoms with E-state index in [1.54, 1.807) is 11.3 Å². The molecule has 1 aromatic carbocycles. The second-order valence-electron chi connectivity index (χ2n) is 5.23. The summed E-state index contributed by atoms with van der Waals surface area (Å²) in [5.74, 6) is 2.39. The van der Waals surface area contributed by atoms with E-state index in [0.717, 1.165) is 35.1 Å². The minimum Gasteiger partial charge on any atom is -0.379 e. The third-order valence-electron chi connectivity index (χ3n) is 3.54. The SMILES string of the molecule is c1cc(NCc2cscn2)cc(-c2n[nH]c(C3CC3)n2)c1. The number of hydrogen-bond acceptors (Lipinski definition) is 5. The summed E-state index contributed by atoms with van der Waals surface area (Å²) < 4.78 is 0. The Bertz CT molecular complexity index is 730. The normalized spacial score (nSPS) is 14.3. The van der Waals surface area contributed by atoms with Gasteiger partial charge in [-0.3, -0.25) is 5.10 Å². The van der Waals surface area contributed by atoms with Gasteiger partial charge < -0.3 is 5.32 Å². The van der Waals surface area contributed by atoms with Crippen LogP contribution in [0.15, 0.2) is 35.2 Å². The van der Waals surface area contributed by atoms with Crippen molar-refractivity contribution in [2.75, 3.05) is 5.32 Å². The first-order valence-electron chi connectivity index (χ1n) is 7.02. The van der Waals surface area contributed by atoms with Gasteiger partial charge in [0.25, 0.3) is 0 Å². The van der Waals surface area contributed by atoms with Crippen molar-refractivity contribution >= 4 is 17.0 Å². The van der Waals surface area contributed by atoms with Gasteiger partial charge in [-0.15, -0.1) is 11.3 Å². The van der Waals surface area contributed by atoms with Gasteiger partial charge in [0.1, 0.15) is 5.82 Å². The Kier molecular flexibility index (Phi) is 3.16. The molecule has 0 atom stereocenters. The predicted octanol–water partition coefficient (Wildman–Crippen LogP) is 3.42. The molecule has 0 bridgehead atoms. The molecule has 0 unspecified atom stereocenters. The zero-order valence-electron chi connectivity index (χ0n) is 11.4. The molecule has 0 spiro atoms. The van der Waals surface area contributed by atoms with Crippen LogP contribution < -0.4 is 5.32 Å². The minimum atomic E-state index is 0.595. The summed E-state index contributed by atoms with van der Waals surface area (Å²) in [7, 11) is 0. The van der Waals surface area contributed by atoms with Crippen LogP contribution in [0.1, 0.15) is 30.3 Å². The molecule has 2 aromatic heterocycles. The molecule has 1 fully saturated rings. The molecule has 0 radical (unpaired) electrons. The van der Waals surface area contributed by atoms with Crippen LogP contribution >= 0.6 is 11.3 Å². The highest BCUT2D eigenvalue weighted by molar-refractivity contribution is 7.07. The Morgan fingerprint density at radius 3 is 3.10 bits per heavy atom. The molecule has 1 aliphatic carbocycles. The molecule has 2 heterocycles. The van der Waals surface area contributed by atoms with Gasteiger partial charge in [0.2, 0.25) is 0 Å². The maximum absolute atomic E-state index is 4.59. The Balaban J connectivity index is 1.51. The second-order valence-corrected chi connectivity index (χ2v) is 5.95. The van der Waals surface area contributed by atoms with E-state index >= 15 is 0 Å². The maximum atomic E-state index is 4.59. The summed E-state index contributed by atoms with van der Waals surface area (Å²) in [5.41, 5.74) is 4.99. The summed E-state index contributed by atoms with van der Waals surface area (Å²) in [5, 5.41) is 12.8. The molecule has 5 nitrogen and oxygen atoms in total. The van der Waals surface area contributed by atoms with Crippen molar-refractivity contribution < 1.29 is 0 Å². The monoisotopic (exact) mass is 297 g/mol. The molecule has 4 rings (SSSR count). The van der Waals surface area contributed by atoms with E-state index in [9.17, 15) is 0 Å². The number of hydrogen-bond donors (Lipinski definition) is 2. The number of nitrogens with zero attached hydrogens (tertiary/aromatic N) is 3. The molecule has 21 heavy (non-hydrogen) atoms. The van der Waals surface area contributed by atoms with E-state index < -0.39 is 0 Å². The molecule has 106 valence electrons. The second kappa shape index (κ2) is 5.29. The lowest BCUT2D eigenvalue weighted by Gasteiger charge is -2.05. The molecule has 1 saturated carbocycles. The Labute approximate surface area is 126 Å². The van der Waals surface area contributed by atoms with Gasteiger partial charge in [-0.05, 0) is 25.0 Å². The summed E-state index contributed by atoms with van der Waals surface area (Å²) in [4.78, 5) is 8.86. The van der Waals surface area contributed by atoms with Crippen LogP contribution in [0, 0.1) is 0 Å². The van der Waals surface area contributed by atoms with E-state index in [1.807, 2.05) is 29.1 Å². The summed E-state index contributed by atoms with van der Waals surface area (Å²) in [6.45, 7) is 0.730. The van der Waals surface area contributed by atoms with Gasteiger partial charge in [0, 0.05) is 22.5 Å². The Hall–Kier alpha value is -2.21. The number of rotatable bonds is 5. The summed E-state index contributed by atoms with van der Waals surface area (Å²) >= 11 is 1.61. The largest absolute Gasteiger partial charge is 0.379 e. The Morgan fingerprint density at radius 1 is 1.33 bits per heavy atom. The lowest BCUT2D eigenvalue weighted by molar-refractivity contribution is 0.935. The number of aromatic amines is 1. The lowest BCUT2D eigenvalue weighted by Crippen LogP contribution is -1.99. The van der Waals surface area contributed by atoms with Gasteiger partial charge in [0.15, 0.2) is 5.82 Å². The average molecular weight is 297 g/mol. The number of H-pyrrole nitrogens is 1. The zero-order chi connectivity index (χ0) is 14.1. The van der Waals surface area contributed by atoms with E-state index in [4.69, 9.17) is 0 Å². The highest BCUT2D eigenvalue weighted by atomic mass is 32.1. The Morgan fingerprint density at radius 2 is 2.29 bits per heavy atom. The first-order valence-corrected chi connectivity index (χ1v) is 7.96. The van der Waals surface area contributed by atoms with Crippen LogP contribution in [0.25, 0.3) is 11.4 Å². The highest BCUT2D eigenvalue weighted by Crippen LogP contribution is 2.38. The number of thiazole rings is 1. The molecule has 3 aromatic rings. The molecule has 0 amide bonds. The van der Waals surface area contributed by atoms with E-state index in [0.29, 0.717) is 5.92 Å². The third-order valence-corrected chi connectivity index (χ3v) is 4.18. The molecule has 0 saturated heterocycles. The molecule has 2 N–H and O–H groups in total. The fourth-order valence-corrected chi connectivity index (χ4v) is 2.79. The van der Waals surface area contributed by atoms with Gasteiger partial charge in [-0.25, -0.2) is 9.97 Å². The van der Waals surface area contributed by atoms with Crippen LogP contribution in [-0.2, 0) is 6.54 Å². The summed E-state index contributed by atoms with van der Waals surface area (Å²) in [6.07, 6.45) is 2.45. The molecule has 1 aliphatic rings. The third kappa shape index (κ3) is 2.80. The van der Waals surface area contributed by atoms with Crippen LogP contribution in [0.3, 0.4) is 0 Å². The van der Waals surface area contributed by atoms with Crippen molar-refractivity contribution in [2.24, 2.45) is 0 Å². The minimum absolute atomic E-state index is 0.595. The molecular formula is C15H15N5S. The van der Waals surface area contributed by atoms with E-state index in [-0.39, 0.29) is 0 Å². The van der Waals surface area contributed by atoms with Crippen molar-refractivity contribution in [3.8, 4) is 11.4 Å². The molecule has 6 heteroatoms. The predicted molar refractivity (Wildman–Crippen MR) is 83.2 cm³/mol. The summed E-state index contributed by atoms with van der Waals surface area (Å²) in [6, 6.07) is 8.18. The first-order chi connectivity index (χ1) is 10.4. The molecule has 0 aliphatic heterocycles. The van der Waals surface area contributed by atoms with Gasteiger partial charge >= 0.3 is 0 Å². The highest BCUT2D eigenvalue weighted by Gasteiger charge is 2.27. The van der Waals surface area contributed by atoms with Crippen LogP contribution in [0.4, 0.5) is 5.69 Å². The number of nitrogens with one attached hydrogen (secondary N) is 2. The van der Waals surface area contributed by atoms with E-state index in [1.165, 1.54) is 12.8 Å². The van der Waals surface area contributed by atoms with Crippen LogP contribution in [0.5, 0.6) is 0 Å². The van der Waals surface area contributed by atoms with Gasteiger partial charge in [-0.2, -0.15) is 5.10 Å². The fraction of sp³-hybridized carbons (Fsp3) is 0.267. The first kappa shape index (κ1) is 12.5. The average Bonchev–Trinajstić information content (AvgIpc) is 3.05. The number of benzene rings is 1. The maximum Gasteiger partial charge on any atom is 0.181 e. The quantitative estimate of drug-likeness (QED) is 0.757. The van der Waals surface area contributed by atoms with Gasteiger partial charge in [-0.1, -0.05) is 12.1 Å². The van der Waals surface area contributed by atoms with E-state index in [2.05, 4.69) is 31.5 Å². The molecular weight excluding hydrogens is 282 g/mol. The van der Waals surface area contributed by atoms with Crippen LogP contribution in [0.2, 0.25) is 0 Å². The number of aromatic nitrogens is 4. The zero-order valence-corrected chi connectivity index (χ0v) is 12.2. The smallest absolute Gasteiger partial charge is 0.181 e. The van der Waals surface area contributed by atoms with Crippen LogP contribution in [-0.4, -0.2) is 20.2 Å². The topological polar surface area (TPSA) is 66.5 Å². The lowest BCUT2D eigenvalue weighted by atomic mass is 10.2. The van der Waals surface area contributed by atoms with Gasteiger partial charge in [0.05, 0.1) is 17.7 Å². The van der Waals surface area contributed by atoms with Crippen molar-refractivity contribution in [3.63, 3.8) is 0 Å². The van der Waals surface area contributed by atoms with Crippen molar-refractivity contribution in [2.45, 2.75) is 25.3 Å².